The Morgan fingerprint density at radius 2 is 1.71 bits per heavy atom. The van der Waals surface area contributed by atoms with E-state index in [-0.39, 0.29) is 23.9 Å². The minimum absolute atomic E-state index is 0.0594. The third kappa shape index (κ3) is 5.13. The number of imidazole rings is 1. The number of carbonyl (C=O) groups is 1. The van der Waals surface area contributed by atoms with Crippen LogP contribution in [0, 0.1) is 11.6 Å². The Hall–Kier alpha value is -3.58. The molecular formula is C23H17ClF2N4O. The normalized spacial score (nSPS) is 10.8. The van der Waals surface area contributed by atoms with Crippen molar-refractivity contribution in [1.29, 1.82) is 0 Å². The molecule has 5 nitrogen and oxygen atoms in total. The molecule has 0 aliphatic heterocycles. The van der Waals surface area contributed by atoms with Gasteiger partial charge in [-0.3, -0.25) is 9.78 Å². The summed E-state index contributed by atoms with van der Waals surface area (Å²) in [5, 5.41) is 0.242. The largest absolute Gasteiger partial charge is 0.345 e. The number of aromatic nitrogens is 3. The van der Waals surface area contributed by atoms with E-state index in [1.54, 1.807) is 30.7 Å². The standard InChI is InChI=1S/C23H17ClF2N4O/c24-18-5-16(7-19(25)9-18)13-30(23(31)8-15-6-20(26)11-27-10-15)21-3-1-17(2-4-21)22-12-28-14-29-22/h1-7,9-12,14H,8,13H2,(H,28,29). The minimum Gasteiger partial charge on any atom is -0.345 e. The smallest absolute Gasteiger partial charge is 0.231 e. The quantitative estimate of drug-likeness (QED) is 0.451. The number of benzene rings is 2. The number of carbonyl (C=O) groups excluding carboxylic acids is 1. The van der Waals surface area contributed by atoms with Crippen molar-refractivity contribution in [3.8, 4) is 11.3 Å². The summed E-state index contributed by atoms with van der Waals surface area (Å²) in [4.78, 5) is 25.5. The van der Waals surface area contributed by atoms with Gasteiger partial charge in [0.05, 0.1) is 37.4 Å². The van der Waals surface area contributed by atoms with Crippen molar-refractivity contribution >= 4 is 23.2 Å². The second kappa shape index (κ2) is 9.06. The van der Waals surface area contributed by atoms with Crippen LogP contribution < -0.4 is 4.90 Å². The molecule has 0 bridgehead atoms. The molecule has 0 saturated heterocycles. The number of halogens is 3. The van der Waals surface area contributed by atoms with E-state index in [9.17, 15) is 13.6 Å². The molecule has 1 amide bonds. The van der Waals surface area contributed by atoms with Crippen LogP contribution in [0.5, 0.6) is 0 Å². The van der Waals surface area contributed by atoms with Crippen LogP contribution in [0.25, 0.3) is 11.3 Å². The third-order valence-corrected chi connectivity index (χ3v) is 4.89. The van der Waals surface area contributed by atoms with Gasteiger partial charge in [0.2, 0.25) is 5.91 Å². The maximum atomic E-state index is 13.8. The highest BCUT2D eigenvalue weighted by Gasteiger charge is 2.18. The Bertz CT molecular complexity index is 1180. The van der Waals surface area contributed by atoms with Crippen LogP contribution in [0.2, 0.25) is 5.02 Å². The van der Waals surface area contributed by atoms with E-state index in [0.29, 0.717) is 16.8 Å². The minimum atomic E-state index is -0.516. The van der Waals surface area contributed by atoms with Gasteiger partial charge in [-0.05, 0) is 53.1 Å². The summed E-state index contributed by atoms with van der Waals surface area (Å²) >= 11 is 5.98. The van der Waals surface area contributed by atoms with Crippen molar-refractivity contribution in [2.45, 2.75) is 13.0 Å². The summed E-state index contributed by atoms with van der Waals surface area (Å²) in [7, 11) is 0. The van der Waals surface area contributed by atoms with E-state index in [1.165, 1.54) is 29.3 Å². The predicted molar refractivity (Wildman–Crippen MR) is 115 cm³/mol. The van der Waals surface area contributed by atoms with Gasteiger partial charge in [-0.25, -0.2) is 13.8 Å². The Balaban J connectivity index is 1.65. The van der Waals surface area contributed by atoms with Crippen molar-refractivity contribution in [1.82, 2.24) is 15.0 Å². The lowest BCUT2D eigenvalue weighted by Crippen LogP contribution is -2.32. The van der Waals surface area contributed by atoms with Crippen molar-refractivity contribution in [3.63, 3.8) is 0 Å². The monoisotopic (exact) mass is 438 g/mol. The maximum absolute atomic E-state index is 13.8. The van der Waals surface area contributed by atoms with Gasteiger partial charge in [0.15, 0.2) is 0 Å². The molecule has 2 heterocycles. The molecule has 0 unspecified atom stereocenters. The topological polar surface area (TPSA) is 61.9 Å². The summed E-state index contributed by atoms with van der Waals surface area (Å²) < 4.78 is 27.3. The van der Waals surface area contributed by atoms with Gasteiger partial charge < -0.3 is 9.88 Å². The van der Waals surface area contributed by atoms with Crippen LogP contribution in [0.4, 0.5) is 14.5 Å². The summed E-state index contributed by atoms with van der Waals surface area (Å²) in [5.74, 6) is -1.29. The highest BCUT2D eigenvalue weighted by molar-refractivity contribution is 6.30. The zero-order chi connectivity index (χ0) is 21.8. The first kappa shape index (κ1) is 20.7. The molecule has 4 rings (SSSR count). The first-order valence-electron chi connectivity index (χ1n) is 9.41. The maximum Gasteiger partial charge on any atom is 0.231 e. The molecule has 0 saturated carbocycles. The Morgan fingerprint density at radius 3 is 2.39 bits per heavy atom. The van der Waals surface area contributed by atoms with Crippen LogP contribution in [-0.2, 0) is 17.8 Å². The molecule has 1 N–H and O–H groups in total. The van der Waals surface area contributed by atoms with E-state index in [2.05, 4.69) is 15.0 Å². The molecule has 2 aromatic carbocycles. The van der Waals surface area contributed by atoms with Crippen LogP contribution >= 0.6 is 11.6 Å². The van der Waals surface area contributed by atoms with Gasteiger partial charge in [0.1, 0.15) is 11.6 Å². The molecule has 0 spiro atoms. The predicted octanol–water partition coefficient (Wildman–Crippen LogP) is 5.18. The zero-order valence-electron chi connectivity index (χ0n) is 16.2. The molecule has 31 heavy (non-hydrogen) atoms. The van der Waals surface area contributed by atoms with Crippen LogP contribution in [0.3, 0.4) is 0 Å². The second-order valence-corrected chi connectivity index (χ2v) is 7.39. The van der Waals surface area contributed by atoms with Crippen molar-refractivity contribution in [3.05, 3.63) is 101 Å². The molecule has 0 radical (unpaired) electrons. The summed E-state index contributed by atoms with van der Waals surface area (Å²) in [6, 6.07) is 12.7. The molecule has 2 aromatic heterocycles. The van der Waals surface area contributed by atoms with E-state index < -0.39 is 11.6 Å². The molecular weight excluding hydrogens is 422 g/mol. The Morgan fingerprint density at radius 1 is 0.935 bits per heavy atom. The van der Waals surface area contributed by atoms with Gasteiger partial charge >= 0.3 is 0 Å². The van der Waals surface area contributed by atoms with E-state index in [0.717, 1.165) is 17.5 Å². The number of nitrogens with one attached hydrogen (secondary N) is 1. The number of anilines is 1. The molecule has 0 aliphatic carbocycles. The molecule has 8 heteroatoms. The van der Waals surface area contributed by atoms with Gasteiger partial charge in [0, 0.05) is 16.9 Å². The average Bonchev–Trinajstić information content (AvgIpc) is 3.26. The number of pyridine rings is 1. The van der Waals surface area contributed by atoms with Gasteiger partial charge in [-0.15, -0.1) is 0 Å². The first-order chi connectivity index (χ1) is 15.0. The first-order valence-corrected chi connectivity index (χ1v) is 9.79. The fourth-order valence-electron chi connectivity index (χ4n) is 3.27. The van der Waals surface area contributed by atoms with Gasteiger partial charge in [-0.1, -0.05) is 23.7 Å². The number of amides is 1. The fourth-order valence-corrected chi connectivity index (χ4v) is 3.51. The van der Waals surface area contributed by atoms with Gasteiger partial charge in [0.25, 0.3) is 0 Å². The number of H-pyrrole nitrogens is 1. The van der Waals surface area contributed by atoms with Gasteiger partial charge in [-0.2, -0.15) is 0 Å². The number of hydrogen-bond acceptors (Lipinski definition) is 3. The average molecular weight is 439 g/mol. The number of nitrogens with zero attached hydrogens (tertiary/aromatic N) is 3. The lowest BCUT2D eigenvalue weighted by atomic mass is 10.1. The summed E-state index contributed by atoms with van der Waals surface area (Å²) in [6.07, 6.45) is 5.74. The number of hydrogen-bond donors (Lipinski definition) is 1. The molecule has 156 valence electrons. The zero-order valence-corrected chi connectivity index (χ0v) is 17.0. The highest BCUT2D eigenvalue weighted by atomic mass is 35.5. The SMILES string of the molecule is O=C(Cc1cncc(F)c1)N(Cc1cc(F)cc(Cl)c1)c1ccc(-c2cnc[nH]2)cc1. The van der Waals surface area contributed by atoms with Crippen molar-refractivity contribution in [2.75, 3.05) is 4.90 Å². The lowest BCUT2D eigenvalue weighted by molar-refractivity contribution is -0.118. The second-order valence-electron chi connectivity index (χ2n) is 6.96. The highest BCUT2D eigenvalue weighted by Crippen LogP contribution is 2.25. The van der Waals surface area contributed by atoms with Crippen LogP contribution in [0.15, 0.2) is 73.4 Å². The Labute approximate surface area is 182 Å². The van der Waals surface area contributed by atoms with Crippen LogP contribution in [0.1, 0.15) is 11.1 Å². The van der Waals surface area contributed by atoms with E-state index in [4.69, 9.17) is 11.6 Å². The molecule has 4 aromatic rings. The van der Waals surface area contributed by atoms with Crippen molar-refractivity contribution in [2.24, 2.45) is 0 Å². The lowest BCUT2D eigenvalue weighted by Gasteiger charge is -2.24. The number of rotatable bonds is 6. The van der Waals surface area contributed by atoms with E-state index >= 15 is 0 Å². The molecule has 0 fully saturated rings. The molecule has 0 aliphatic rings. The number of aromatic amines is 1. The Kier molecular flexibility index (Phi) is 6.04. The third-order valence-electron chi connectivity index (χ3n) is 4.67. The van der Waals surface area contributed by atoms with E-state index in [1.807, 2.05) is 12.1 Å². The summed E-state index contributed by atoms with van der Waals surface area (Å²) in [6.45, 7) is 0.0997. The van der Waals surface area contributed by atoms with Crippen LogP contribution in [-0.4, -0.2) is 20.9 Å². The molecule has 0 atom stereocenters. The fraction of sp³-hybridized carbons (Fsp3) is 0.0870. The summed E-state index contributed by atoms with van der Waals surface area (Å²) in [5.41, 5.74) is 3.33. The van der Waals surface area contributed by atoms with Crippen molar-refractivity contribution < 1.29 is 13.6 Å².